The van der Waals surface area contributed by atoms with Crippen molar-refractivity contribution in [3.63, 3.8) is 0 Å². The number of nitriles is 1. The fourth-order valence-electron chi connectivity index (χ4n) is 9.93. The van der Waals surface area contributed by atoms with E-state index in [0.717, 1.165) is 47.8 Å². The molecule has 4 fully saturated rings. The van der Waals surface area contributed by atoms with E-state index >= 15 is 0 Å². The Morgan fingerprint density at radius 2 is 1.87 bits per heavy atom. The second-order valence-electron chi connectivity index (χ2n) is 13.2. The van der Waals surface area contributed by atoms with E-state index in [4.69, 9.17) is 0 Å². The van der Waals surface area contributed by atoms with Crippen LogP contribution in [0.5, 0.6) is 0 Å². The molecule has 0 aliphatic heterocycles. The molecule has 4 aliphatic carbocycles. The summed E-state index contributed by atoms with van der Waals surface area (Å²) < 4.78 is 0. The van der Waals surface area contributed by atoms with Crippen LogP contribution in [0.2, 0.25) is 0 Å². The van der Waals surface area contributed by atoms with Gasteiger partial charge in [-0.2, -0.15) is 5.26 Å². The van der Waals surface area contributed by atoms with E-state index in [1.54, 1.807) is 0 Å². The monoisotopic (exact) mass is 423 g/mol. The van der Waals surface area contributed by atoms with E-state index in [9.17, 15) is 5.26 Å². The van der Waals surface area contributed by atoms with Crippen LogP contribution in [-0.2, 0) is 0 Å². The van der Waals surface area contributed by atoms with Crippen LogP contribution in [0.15, 0.2) is 12.2 Å². The average molecular weight is 424 g/mol. The van der Waals surface area contributed by atoms with Gasteiger partial charge in [-0.25, -0.2) is 0 Å². The highest BCUT2D eigenvalue weighted by molar-refractivity contribution is 5.17. The summed E-state index contributed by atoms with van der Waals surface area (Å²) in [4.78, 5) is 0. The average Bonchev–Trinajstić information content (AvgIpc) is 3.09. The third kappa shape index (κ3) is 3.63. The molecule has 174 valence electrons. The lowest BCUT2D eigenvalue weighted by molar-refractivity contribution is -0.157. The Morgan fingerprint density at radius 1 is 1.13 bits per heavy atom. The van der Waals surface area contributed by atoms with Crippen molar-refractivity contribution in [1.29, 1.82) is 5.26 Å². The molecular formula is C30H49N. The van der Waals surface area contributed by atoms with Gasteiger partial charge < -0.3 is 0 Å². The molecule has 0 heterocycles. The van der Waals surface area contributed by atoms with Gasteiger partial charge in [0.15, 0.2) is 0 Å². The summed E-state index contributed by atoms with van der Waals surface area (Å²) in [6.07, 6.45) is 13.4. The van der Waals surface area contributed by atoms with Crippen LogP contribution in [-0.4, -0.2) is 0 Å². The quantitative estimate of drug-likeness (QED) is 0.406. The predicted molar refractivity (Wildman–Crippen MR) is 131 cm³/mol. The van der Waals surface area contributed by atoms with Gasteiger partial charge in [0.1, 0.15) is 0 Å². The number of hydrogen-bond donors (Lipinski definition) is 0. The van der Waals surface area contributed by atoms with Crippen molar-refractivity contribution in [2.45, 2.75) is 106 Å². The molecule has 4 aliphatic rings. The molecule has 0 amide bonds. The molecule has 11 unspecified atom stereocenters. The van der Waals surface area contributed by atoms with Gasteiger partial charge in [0, 0.05) is 0 Å². The molecule has 0 aromatic carbocycles. The third-order valence-corrected chi connectivity index (χ3v) is 11.8. The summed E-state index contributed by atoms with van der Waals surface area (Å²) in [5, 5.41) is 10.5. The molecule has 0 bridgehead atoms. The molecule has 0 N–H and O–H groups in total. The number of rotatable bonds is 5. The first-order chi connectivity index (χ1) is 14.7. The number of nitrogens with zero attached hydrogens (tertiary/aromatic N) is 1. The Balaban J connectivity index is 1.63. The highest BCUT2D eigenvalue weighted by Gasteiger charge is 2.65. The fraction of sp³-hybridized carbons (Fsp3) is 0.900. The van der Waals surface area contributed by atoms with Gasteiger partial charge >= 0.3 is 0 Å². The zero-order valence-corrected chi connectivity index (χ0v) is 21.4. The van der Waals surface area contributed by atoms with Crippen LogP contribution in [0.3, 0.4) is 0 Å². The second-order valence-corrected chi connectivity index (χ2v) is 13.2. The van der Waals surface area contributed by atoms with Gasteiger partial charge in [0.05, 0.1) is 12.0 Å². The standard InChI is InChI=1S/C30H49N/c1-8-22-13-14-29(6)23(16-22)15-21(5)28-26-12-11-25(20(4)10-9-19(2)3)30(26,7)24(18-31)17-27(28)29/h20-28H,2,8-17H2,1,3-7H3. The van der Waals surface area contributed by atoms with E-state index < -0.39 is 0 Å². The van der Waals surface area contributed by atoms with Crippen LogP contribution >= 0.6 is 0 Å². The summed E-state index contributed by atoms with van der Waals surface area (Å²) in [5.74, 6) is 6.78. The fourth-order valence-corrected chi connectivity index (χ4v) is 9.93. The van der Waals surface area contributed by atoms with Crippen LogP contribution in [0.25, 0.3) is 0 Å². The van der Waals surface area contributed by atoms with Gasteiger partial charge in [-0.15, -0.1) is 6.58 Å². The lowest BCUT2D eigenvalue weighted by Gasteiger charge is -2.64. The molecule has 11 atom stereocenters. The molecule has 31 heavy (non-hydrogen) atoms. The Morgan fingerprint density at radius 3 is 2.52 bits per heavy atom. The molecule has 0 aromatic rings. The minimum atomic E-state index is 0.225. The molecule has 4 saturated carbocycles. The van der Waals surface area contributed by atoms with Crippen molar-refractivity contribution in [3.05, 3.63) is 12.2 Å². The van der Waals surface area contributed by atoms with Crippen molar-refractivity contribution in [2.75, 3.05) is 0 Å². The first-order valence-corrected chi connectivity index (χ1v) is 13.7. The smallest absolute Gasteiger partial charge is 0.0661 e. The van der Waals surface area contributed by atoms with Gasteiger partial charge in [0.2, 0.25) is 0 Å². The van der Waals surface area contributed by atoms with E-state index in [2.05, 4.69) is 54.2 Å². The van der Waals surface area contributed by atoms with Crippen molar-refractivity contribution in [1.82, 2.24) is 0 Å². The number of allylic oxidation sites excluding steroid dienone is 1. The van der Waals surface area contributed by atoms with Gasteiger partial charge in [-0.05, 0) is 123 Å². The lowest BCUT2D eigenvalue weighted by Crippen LogP contribution is -2.58. The number of fused-ring (bicyclic) bond motifs is 5. The summed E-state index contributed by atoms with van der Waals surface area (Å²) in [7, 11) is 0. The topological polar surface area (TPSA) is 23.8 Å². The molecular weight excluding hydrogens is 374 g/mol. The Labute approximate surface area is 193 Å². The SMILES string of the molecule is C=C(C)CCC(C)C1CCC2C3C(C)CC4CC(CC)CCC4(C)C3CC(C#N)C12C. The lowest BCUT2D eigenvalue weighted by atomic mass is 9.40. The van der Waals surface area contributed by atoms with Crippen molar-refractivity contribution in [2.24, 2.45) is 64.1 Å². The Kier molecular flexibility index (Phi) is 6.44. The maximum atomic E-state index is 10.5. The maximum Gasteiger partial charge on any atom is 0.0661 e. The first kappa shape index (κ1) is 23.4. The zero-order chi connectivity index (χ0) is 22.6. The van der Waals surface area contributed by atoms with Gasteiger partial charge in [-0.1, -0.05) is 46.6 Å². The maximum absolute atomic E-state index is 10.5. The molecule has 1 heteroatoms. The van der Waals surface area contributed by atoms with E-state index in [0.29, 0.717) is 11.3 Å². The minimum absolute atomic E-state index is 0.225. The summed E-state index contributed by atoms with van der Waals surface area (Å²) >= 11 is 0. The Bertz CT molecular complexity index is 716. The summed E-state index contributed by atoms with van der Waals surface area (Å²) in [6, 6.07) is 2.93. The van der Waals surface area contributed by atoms with Crippen molar-refractivity contribution in [3.8, 4) is 6.07 Å². The molecule has 0 aromatic heterocycles. The second kappa shape index (κ2) is 8.54. The van der Waals surface area contributed by atoms with E-state index in [1.165, 1.54) is 63.4 Å². The third-order valence-electron chi connectivity index (χ3n) is 11.8. The minimum Gasteiger partial charge on any atom is -0.198 e. The van der Waals surface area contributed by atoms with Crippen molar-refractivity contribution < 1.29 is 0 Å². The zero-order valence-electron chi connectivity index (χ0n) is 21.4. The predicted octanol–water partition coefficient (Wildman–Crippen LogP) is 8.66. The largest absolute Gasteiger partial charge is 0.198 e. The molecule has 0 radical (unpaired) electrons. The number of hydrogen-bond acceptors (Lipinski definition) is 1. The molecule has 0 saturated heterocycles. The summed E-state index contributed by atoms with van der Waals surface area (Å²) in [6.45, 7) is 19.0. The normalized spacial score (nSPS) is 50.0. The summed E-state index contributed by atoms with van der Waals surface area (Å²) in [5.41, 5.74) is 2.03. The molecule has 1 nitrogen and oxygen atoms in total. The van der Waals surface area contributed by atoms with Crippen LogP contribution in [0, 0.1) is 75.4 Å². The van der Waals surface area contributed by atoms with Gasteiger partial charge in [-0.3, -0.25) is 0 Å². The highest BCUT2D eigenvalue weighted by atomic mass is 14.7. The van der Waals surface area contributed by atoms with Crippen LogP contribution < -0.4 is 0 Å². The molecule has 0 spiro atoms. The van der Waals surface area contributed by atoms with Crippen LogP contribution in [0.4, 0.5) is 0 Å². The van der Waals surface area contributed by atoms with E-state index in [-0.39, 0.29) is 11.3 Å². The van der Waals surface area contributed by atoms with Crippen molar-refractivity contribution >= 4 is 0 Å². The van der Waals surface area contributed by atoms with E-state index in [1.807, 2.05) is 0 Å². The first-order valence-electron chi connectivity index (χ1n) is 13.7. The highest BCUT2D eigenvalue weighted by Crippen LogP contribution is 2.71. The van der Waals surface area contributed by atoms with Crippen LogP contribution in [0.1, 0.15) is 106 Å². The van der Waals surface area contributed by atoms with Gasteiger partial charge in [0.25, 0.3) is 0 Å². The molecule has 4 rings (SSSR count). The Hall–Kier alpha value is -0.770.